The first-order valence-electron chi connectivity index (χ1n) is 3.43. The molecule has 0 aromatic heterocycles. The van der Waals surface area contributed by atoms with Crippen LogP contribution >= 0.6 is 0 Å². The summed E-state index contributed by atoms with van der Waals surface area (Å²) in [7, 11) is 0. The number of nitrogens with two attached hydrogens (primary N) is 1. The first kappa shape index (κ1) is 6.37. The van der Waals surface area contributed by atoms with Gasteiger partial charge in [-0.25, -0.2) is 0 Å². The molecule has 0 aromatic carbocycles. The summed E-state index contributed by atoms with van der Waals surface area (Å²) < 4.78 is 5.71. The van der Waals surface area contributed by atoms with Gasteiger partial charge in [0.25, 0.3) is 0 Å². The molecule has 2 N–H and O–H groups in total. The Balaban J connectivity index is 2.03. The van der Waals surface area contributed by atoms with E-state index in [9.17, 15) is 0 Å². The van der Waals surface area contributed by atoms with Crippen LogP contribution in [-0.2, 0) is 3.07 Å². The Labute approximate surface area is 65.9 Å². The van der Waals surface area contributed by atoms with Crippen molar-refractivity contribution in [1.29, 1.82) is 0 Å². The zero-order valence-electron chi connectivity index (χ0n) is 5.27. The zero-order valence-corrected chi connectivity index (χ0v) is 7.43. The van der Waals surface area contributed by atoms with Gasteiger partial charge in [0.05, 0.1) is 0 Å². The fourth-order valence-corrected chi connectivity index (χ4v) is 3.44. The van der Waals surface area contributed by atoms with Crippen LogP contribution in [0.4, 0.5) is 0 Å². The molecule has 0 unspecified atom stereocenters. The average Bonchev–Trinajstić information content (AvgIpc) is 2.60. The summed E-state index contributed by atoms with van der Waals surface area (Å²) in [5.41, 5.74) is 5.88. The van der Waals surface area contributed by atoms with Crippen LogP contribution < -0.4 is 27.4 Å². The molecule has 2 aliphatic rings. The maximum absolute atomic E-state index is 5.88. The van der Waals surface area contributed by atoms with Gasteiger partial charge in [-0.3, -0.25) is 0 Å². The Morgan fingerprint density at radius 2 is 2.33 bits per heavy atom. The molecule has 2 atom stereocenters. The number of hydrogen-bond acceptors (Lipinski definition) is 2. The maximum atomic E-state index is 5.88. The van der Waals surface area contributed by atoms with E-state index >= 15 is 0 Å². The van der Waals surface area contributed by atoms with Crippen molar-refractivity contribution in [2.75, 3.05) is 0 Å². The summed E-state index contributed by atoms with van der Waals surface area (Å²) in [5, 5.41) is 0. The van der Waals surface area contributed by atoms with Crippen LogP contribution in [0.5, 0.6) is 0 Å². The van der Waals surface area contributed by atoms with Crippen molar-refractivity contribution in [3.8, 4) is 0 Å². The van der Waals surface area contributed by atoms with Crippen LogP contribution in [0.3, 0.4) is 0 Å². The van der Waals surface area contributed by atoms with Crippen molar-refractivity contribution in [2.45, 2.75) is 35.3 Å². The minimum atomic E-state index is 0.0669. The van der Waals surface area contributed by atoms with Gasteiger partial charge in [0, 0.05) is 0 Å². The Hall–Kier alpha value is 0.650. The normalized spacial score (nSPS) is 50.6. The predicted octanol–water partition coefficient (Wildman–Crippen LogP) is -2.38. The average molecular weight is 240 g/mol. The standard InChI is InChI=1S/C6H11INO/c8-5-3-1-2-4-6(5)7-9-6/h5H,1-4,8H2/q-1/t5-,6+/m0/s1. The minimum absolute atomic E-state index is 0.0669. The summed E-state index contributed by atoms with van der Waals surface area (Å²) in [6.45, 7) is 0. The monoisotopic (exact) mass is 240 g/mol. The topological polar surface area (TPSA) is 38.5 Å². The summed E-state index contributed by atoms with van der Waals surface area (Å²) in [6.07, 6.45) is 5.10. The van der Waals surface area contributed by atoms with Crippen LogP contribution in [0.1, 0.15) is 25.7 Å². The van der Waals surface area contributed by atoms with Crippen molar-refractivity contribution < 1.29 is 24.7 Å². The van der Waals surface area contributed by atoms with Crippen LogP contribution in [0.2, 0.25) is 0 Å². The molecule has 0 amide bonds. The summed E-state index contributed by atoms with van der Waals surface area (Å²) >= 11 is 0.0669. The van der Waals surface area contributed by atoms with Gasteiger partial charge in [0.15, 0.2) is 0 Å². The van der Waals surface area contributed by atoms with Crippen molar-refractivity contribution in [1.82, 2.24) is 0 Å². The third-order valence-corrected chi connectivity index (χ3v) is 5.02. The molecular formula is C6H11INO-. The fraction of sp³-hybridized carbons (Fsp3) is 1.00. The quantitative estimate of drug-likeness (QED) is 0.292. The Morgan fingerprint density at radius 1 is 1.56 bits per heavy atom. The summed E-state index contributed by atoms with van der Waals surface area (Å²) in [4.78, 5) is 0. The SMILES string of the molecule is N[C@H]1CCCC[C@@]12O[I-]2. The third-order valence-electron chi connectivity index (χ3n) is 2.11. The van der Waals surface area contributed by atoms with E-state index in [1.54, 1.807) is 0 Å². The van der Waals surface area contributed by atoms with Crippen molar-refractivity contribution in [3.63, 3.8) is 0 Å². The van der Waals surface area contributed by atoms with Crippen molar-refractivity contribution >= 4 is 0 Å². The van der Waals surface area contributed by atoms with Gasteiger partial charge < -0.3 is 0 Å². The first-order chi connectivity index (χ1) is 4.33. The second kappa shape index (κ2) is 2.07. The Morgan fingerprint density at radius 3 is 2.78 bits per heavy atom. The third kappa shape index (κ3) is 0.991. The molecule has 2 fully saturated rings. The molecule has 54 valence electrons. The van der Waals surface area contributed by atoms with E-state index < -0.39 is 0 Å². The first-order valence-corrected chi connectivity index (χ1v) is 5.39. The predicted molar refractivity (Wildman–Crippen MR) is 30.3 cm³/mol. The zero-order chi connectivity index (χ0) is 6.32. The van der Waals surface area contributed by atoms with Crippen LogP contribution in [0.15, 0.2) is 0 Å². The molecule has 9 heavy (non-hydrogen) atoms. The molecular weight excluding hydrogens is 229 g/mol. The van der Waals surface area contributed by atoms with E-state index in [1.165, 1.54) is 25.7 Å². The van der Waals surface area contributed by atoms with E-state index in [1.807, 2.05) is 0 Å². The summed E-state index contributed by atoms with van der Waals surface area (Å²) in [5.74, 6) is 0. The molecule has 2 nitrogen and oxygen atoms in total. The molecule has 1 saturated carbocycles. The molecule has 1 aliphatic carbocycles. The van der Waals surface area contributed by atoms with E-state index in [0.29, 0.717) is 6.04 Å². The summed E-state index contributed by atoms with van der Waals surface area (Å²) in [6, 6.07) is 0.388. The molecule has 1 aliphatic heterocycles. The second-order valence-electron chi connectivity index (χ2n) is 2.79. The Bertz CT molecular complexity index is 124. The molecule has 0 bridgehead atoms. The van der Waals surface area contributed by atoms with E-state index in [0.717, 1.165) is 0 Å². The van der Waals surface area contributed by atoms with Gasteiger partial charge in [-0.15, -0.1) is 0 Å². The van der Waals surface area contributed by atoms with E-state index in [2.05, 4.69) is 0 Å². The van der Waals surface area contributed by atoms with Crippen LogP contribution in [0.25, 0.3) is 0 Å². The van der Waals surface area contributed by atoms with E-state index in [4.69, 9.17) is 8.80 Å². The number of alkyl halides is 1. The fourth-order valence-electron chi connectivity index (χ4n) is 1.37. The number of rotatable bonds is 0. The molecule has 3 heteroatoms. The molecule has 0 aromatic rings. The van der Waals surface area contributed by atoms with Gasteiger partial charge in [0.2, 0.25) is 0 Å². The van der Waals surface area contributed by atoms with Gasteiger partial charge in [-0.05, 0) is 0 Å². The molecule has 0 radical (unpaired) electrons. The van der Waals surface area contributed by atoms with E-state index in [-0.39, 0.29) is 25.2 Å². The van der Waals surface area contributed by atoms with Crippen LogP contribution in [0, 0.1) is 0 Å². The molecule has 1 heterocycles. The second-order valence-corrected chi connectivity index (χ2v) is 5.50. The number of halogens is 1. The Kier molecular flexibility index (Phi) is 1.46. The van der Waals surface area contributed by atoms with Crippen LogP contribution in [-0.4, -0.2) is 9.65 Å². The van der Waals surface area contributed by atoms with Gasteiger partial charge in [-0.1, -0.05) is 0 Å². The van der Waals surface area contributed by atoms with Gasteiger partial charge >= 0.3 is 65.8 Å². The molecule has 1 spiro atoms. The number of hydrogen-bond donors (Lipinski definition) is 1. The molecule has 2 rings (SSSR count). The van der Waals surface area contributed by atoms with Gasteiger partial charge in [0.1, 0.15) is 0 Å². The van der Waals surface area contributed by atoms with Gasteiger partial charge in [-0.2, -0.15) is 0 Å². The van der Waals surface area contributed by atoms with Crippen molar-refractivity contribution in [2.24, 2.45) is 5.73 Å². The molecule has 1 saturated heterocycles. The van der Waals surface area contributed by atoms with Crippen molar-refractivity contribution in [3.05, 3.63) is 0 Å².